The summed E-state index contributed by atoms with van der Waals surface area (Å²) in [6.07, 6.45) is -0.519. The van der Waals surface area contributed by atoms with Crippen LogP contribution in [0.3, 0.4) is 0 Å². The van der Waals surface area contributed by atoms with E-state index >= 15 is 0 Å². The van der Waals surface area contributed by atoms with Crippen LogP contribution in [0, 0.1) is 0 Å². The van der Waals surface area contributed by atoms with E-state index in [1.54, 1.807) is 4.90 Å². The van der Waals surface area contributed by atoms with Gasteiger partial charge >= 0.3 is 5.97 Å². The van der Waals surface area contributed by atoms with E-state index in [9.17, 15) is 9.59 Å². The number of hydrogen-bond donors (Lipinski definition) is 1. The highest BCUT2D eigenvalue weighted by Crippen LogP contribution is 2.28. The Kier molecular flexibility index (Phi) is 5.24. The maximum atomic E-state index is 12.9. The van der Waals surface area contributed by atoms with Gasteiger partial charge in [0.15, 0.2) is 0 Å². The number of rotatable bonds is 4. The van der Waals surface area contributed by atoms with Gasteiger partial charge in [-0.3, -0.25) is 9.59 Å². The van der Waals surface area contributed by atoms with Crippen LogP contribution in [0.15, 0.2) is 28.7 Å². The number of benzene rings is 1. The minimum absolute atomic E-state index is 0.00992. The van der Waals surface area contributed by atoms with Crippen LogP contribution in [-0.2, 0) is 19.7 Å². The number of aliphatic carboxylic acids is 1. The van der Waals surface area contributed by atoms with Crippen molar-refractivity contribution in [2.24, 2.45) is 0 Å². The molecule has 0 bridgehead atoms. The molecule has 1 aliphatic heterocycles. The van der Waals surface area contributed by atoms with Crippen LogP contribution in [0.2, 0.25) is 0 Å². The predicted molar refractivity (Wildman–Crippen MR) is 85.7 cm³/mol. The molecule has 6 heteroatoms. The molecule has 0 saturated carbocycles. The fraction of sp³-hybridized carbons (Fsp3) is 0.500. The van der Waals surface area contributed by atoms with Crippen molar-refractivity contribution in [3.8, 4) is 0 Å². The maximum absolute atomic E-state index is 12.9. The van der Waals surface area contributed by atoms with Crippen LogP contribution in [0.4, 0.5) is 0 Å². The molecule has 2 rings (SSSR count). The molecule has 0 aliphatic carbocycles. The molecule has 0 radical (unpaired) electrons. The van der Waals surface area contributed by atoms with E-state index < -0.39 is 17.5 Å². The van der Waals surface area contributed by atoms with E-state index in [-0.39, 0.29) is 12.3 Å². The molecule has 1 fully saturated rings. The molecule has 1 unspecified atom stereocenters. The molecular formula is C16H20BrNO4. The third kappa shape index (κ3) is 3.87. The minimum atomic E-state index is -0.912. The Labute approximate surface area is 138 Å². The second kappa shape index (κ2) is 6.79. The summed E-state index contributed by atoms with van der Waals surface area (Å²) >= 11 is 3.43. The number of halogens is 1. The van der Waals surface area contributed by atoms with Gasteiger partial charge in [-0.15, -0.1) is 0 Å². The third-order valence-corrected chi connectivity index (χ3v) is 4.40. The second-order valence-corrected chi connectivity index (χ2v) is 6.89. The highest BCUT2D eigenvalue weighted by molar-refractivity contribution is 9.10. The lowest BCUT2D eigenvalue weighted by Gasteiger charge is -2.37. The van der Waals surface area contributed by atoms with Crippen LogP contribution in [-0.4, -0.2) is 47.7 Å². The number of amides is 1. The molecule has 1 N–H and O–H groups in total. The van der Waals surface area contributed by atoms with Gasteiger partial charge in [0.05, 0.1) is 24.5 Å². The predicted octanol–water partition coefficient (Wildman–Crippen LogP) is 2.43. The lowest BCUT2D eigenvalue weighted by Crippen LogP contribution is -2.51. The van der Waals surface area contributed by atoms with Gasteiger partial charge in [-0.05, 0) is 31.5 Å². The Morgan fingerprint density at radius 3 is 2.82 bits per heavy atom. The van der Waals surface area contributed by atoms with Crippen LogP contribution in [0.1, 0.15) is 25.8 Å². The van der Waals surface area contributed by atoms with E-state index in [1.165, 1.54) is 0 Å². The molecule has 0 spiro atoms. The molecule has 0 aromatic heterocycles. The first-order chi connectivity index (χ1) is 10.3. The summed E-state index contributed by atoms with van der Waals surface area (Å²) in [7, 11) is 0. The lowest BCUT2D eigenvalue weighted by molar-refractivity contribution is -0.150. The van der Waals surface area contributed by atoms with Gasteiger partial charge in [-0.25, -0.2) is 0 Å². The molecule has 1 amide bonds. The first-order valence-corrected chi connectivity index (χ1v) is 7.99. The van der Waals surface area contributed by atoms with E-state index in [0.29, 0.717) is 19.7 Å². The fourth-order valence-corrected chi connectivity index (χ4v) is 3.02. The molecule has 1 heterocycles. The Bertz CT molecular complexity index is 573. The number of carbonyl (C=O) groups excluding carboxylic acids is 1. The summed E-state index contributed by atoms with van der Waals surface area (Å²) in [5.41, 5.74) is 0.252. The molecule has 22 heavy (non-hydrogen) atoms. The van der Waals surface area contributed by atoms with Crippen molar-refractivity contribution in [1.29, 1.82) is 0 Å². The summed E-state index contributed by atoms with van der Waals surface area (Å²) in [5, 5.41) is 8.87. The maximum Gasteiger partial charge on any atom is 0.306 e. The fourth-order valence-electron chi connectivity index (χ4n) is 2.62. The van der Waals surface area contributed by atoms with Gasteiger partial charge < -0.3 is 14.7 Å². The van der Waals surface area contributed by atoms with Gasteiger partial charge in [0.25, 0.3) is 0 Å². The monoisotopic (exact) mass is 369 g/mol. The van der Waals surface area contributed by atoms with Gasteiger partial charge in [0, 0.05) is 17.6 Å². The molecule has 1 aromatic rings. The molecule has 1 atom stereocenters. The van der Waals surface area contributed by atoms with Crippen molar-refractivity contribution in [3.63, 3.8) is 0 Å². The third-order valence-electron chi connectivity index (χ3n) is 3.91. The summed E-state index contributed by atoms with van der Waals surface area (Å²) < 4.78 is 6.35. The average Bonchev–Trinajstić information content (AvgIpc) is 2.46. The number of carbonyl (C=O) groups is 2. The molecule has 5 nitrogen and oxygen atoms in total. The average molecular weight is 370 g/mol. The van der Waals surface area contributed by atoms with Gasteiger partial charge in [0.2, 0.25) is 5.91 Å². The number of morpholine rings is 1. The van der Waals surface area contributed by atoms with Crippen molar-refractivity contribution in [3.05, 3.63) is 34.3 Å². The van der Waals surface area contributed by atoms with Gasteiger partial charge in [-0.1, -0.05) is 28.1 Å². The topological polar surface area (TPSA) is 66.8 Å². The zero-order valence-corrected chi connectivity index (χ0v) is 14.3. The molecular weight excluding hydrogens is 350 g/mol. The van der Waals surface area contributed by atoms with Crippen molar-refractivity contribution in [2.45, 2.75) is 31.8 Å². The summed E-state index contributed by atoms with van der Waals surface area (Å²) in [4.78, 5) is 25.4. The smallest absolute Gasteiger partial charge is 0.306 e. The standard InChI is InChI=1S/C16H20BrNO4/c1-16(2,11-4-3-5-12(17)8-11)15(21)18-6-7-22-13(10-18)9-14(19)20/h3-5,8,13H,6-7,9-10H2,1-2H3,(H,19,20). The van der Waals surface area contributed by atoms with Crippen molar-refractivity contribution in [1.82, 2.24) is 4.90 Å². The van der Waals surface area contributed by atoms with Gasteiger partial charge in [-0.2, -0.15) is 0 Å². The Balaban J connectivity index is 2.13. The van der Waals surface area contributed by atoms with Crippen LogP contribution in [0.25, 0.3) is 0 Å². The minimum Gasteiger partial charge on any atom is -0.481 e. The summed E-state index contributed by atoms with van der Waals surface area (Å²) in [5.74, 6) is -0.921. The first-order valence-electron chi connectivity index (χ1n) is 7.19. The van der Waals surface area contributed by atoms with E-state index in [4.69, 9.17) is 9.84 Å². The molecule has 120 valence electrons. The van der Waals surface area contributed by atoms with Crippen LogP contribution in [0.5, 0.6) is 0 Å². The highest BCUT2D eigenvalue weighted by atomic mass is 79.9. The van der Waals surface area contributed by atoms with Crippen LogP contribution >= 0.6 is 15.9 Å². The molecule has 1 aliphatic rings. The van der Waals surface area contributed by atoms with Gasteiger partial charge in [0.1, 0.15) is 0 Å². The van der Waals surface area contributed by atoms with Crippen molar-refractivity contribution < 1.29 is 19.4 Å². The zero-order valence-electron chi connectivity index (χ0n) is 12.7. The lowest BCUT2D eigenvalue weighted by atomic mass is 9.83. The largest absolute Gasteiger partial charge is 0.481 e. The Hall–Kier alpha value is -1.40. The quantitative estimate of drug-likeness (QED) is 0.884. The molecule has 1 saturated heterocycles. The number of nitrogens with zero attached hydrogens (tertiary/aromatic N) is 1. The Morgan fingerprint density at radius 2 is 2.18 bits per heavy atom. The first kappa shape index (κ1) is 17.0. The number of ether oxygens (including phenoxy) is 1. The SMILES string of the molecule is CC(C)(C(=O)N1CCOC(CC(=O)O)C1)c1cccc(Br)c1. The number of hydrogen-bond acceptors (Lipinski definition) is 3. The molecule has 1 aromatic carbocycles. The second-order valence-electron chi connectivity index (χ2n) is 5.98. The van der Waals surface area contributed by atoms with E-state index in [1.807, 2.05) is 38.1 Å². The highest BCUT2D eigenvalue weighted by Gasteiger charge is 2.36. The van der Waals surface area contributed by atoms with Crippen molar-refractivity contribution in [2.75, 3.05) is 19.7 Å². The Morgan fingerprint density at radius 1 is 1.45 bits per heavy atom. The van der Waals surface area contributed by atoms with E-state index in [0.717, 1.165) is 10.0 Å². The summed E-state index contributed by atoms with van der Waals surface area (Å²) in [6, 6.07) is 7.69. The number of carboxylic acids is 1. The number of carboxylic acid groups (broad SMARTS) is 1. The zero-order chi connectivity index (χ0) is 16.3. The summed E-state index contributed by atoms with van der Waals surface area (Å²) in [6.45, 7) is 4.96. The van der Waals surface area contributed by atoms with Crippen molar-refractivity contribution >= 4 is 27.8 Å². The normalized spacial score (nSPS) is 19.0. The van der Waals surface area contributed by atoms with E-state index in [2.05, 4.69) is 15.9 Å². The van der Waals surface area contributed by atoms with Crippen LogP contribution < -0.4 is 0 Å².